The molecule has 0 fully saturated rings. The van der Waals surface area contributed by atoms with Crippen LogP contribution in [-0.2, 0) is 0 Å². The van der Waals surface area contributed by atoms with E-state index in [4.69, 9.17) is 0 Å². The molecule has 0 bridgehead atoms. The van der Waals surface area contributed by atoms with Crippen LogP contribution >= 0.6 is 27.7 Å². The number of nitrogens with zero attached hydrogens (tertiary/aromatic N) is 2. The van der Waals surface area contributed by atoms with Crippen molar-refractivity contribution in [3.05, 3.63) is 48.0 Å². The van der Waals surface area contributed by atoms with Crippen LogP contribution in [0.2, 0.25) is 0 Å². The Morgan fingerprint density at radius 3 is 2.74 bits per heavy atom. The average molecular weight is 332 g/mol. The smallest absolute Gasteiger partial charge is 0.192 e. The molecule has 0 N–H and O–H groups in total. The van der Waals surface area contributed by atoms with Gasteiger partial charge in [0.2, 0.25) is 5.69 Å². The van der Waals surface area contributed by atoms with Crippen LogP contribution in [0, 0.1) is 11.3 Å². The third-order valence-electron chi connectivity index (χ3n) is 3.26. The van der Waals surface area contributed by atoms with Gasteiger partial charge in [0.05, 0.1) is 11.1 Å². The number of benzene rings is 1. The molecule has 0 radical (unpaired) electrons. The molecule has 19 heavy (non-hydrogen) atoms. The van der Waals surface area contributed by atoms with E-state index in [1.165, 1.54) is 11.3 Å². The van der Waals surface area contributed by atoms with Crippen molar-refractivity contribution in [3.8, 4) is 17.3 Å². The number of nitriles is 1. The van der Waals surface area contributed by atoms with Gasteiger partial charge in [-0.2, -0.15) is 9.83 Å². The van der Waals surface area contributed by atoms with Crippen LogP contribution in [0.1, 0.15) is 11.6 Å². The summed E-state index contributed by atoms with van der Waals surface area (Å²) in [6.07, 6.45) is 0. The average Bonchev–Trinajstić information content (AvgIpc) is 2.91. The van der Waals surface area contributed by atoms with Crippen molar-refractivity contribution in [2.45, 2.75) is 11.1 Å². The van der Waals surface area contributed by atoms with Crippen molar-refractivity contribution in [3.63, 3.8) is 0 Å². The standard InChI is InChI=1S/C15H12BrN2S/c16-8-13-10-19-15-12(9-17)6-7-14(18(13)15)11-4-2-1-3-5-11/h1-7,13H,8,10H2/q+1/t13-/m0/s1. The first-order valence-corrected chi connectivity index (χ1v) is 8.18. The lowest BCUT2D eigenvalue weighted by Crippen LogP contribution is -2.42. The monoisotopic (exact) mass is 331 g/mol. The molecule has 2 aromatic rings. The zero-order valence-corrected chi connectivity index (χ0v) is 12.6. The first-order valence-electron chi connectivity index (χ1n) is 6.08. The fourth-order valence-electron chi connectivity index (χ4n) is 2.36. The molecule has 4 heteroatoms. The van der Waals surface area contributed by atoms with Gasteiger partial charge < -0.3 is 0 Å². The number of rotatable bonds is 2. The van der Waals surface area contributed by atoms with Gasteiger partial charge in [-0.15, -0.1) is 0 Å². The van der Waals surface area contributed by atoms with E-state index < -0.39 is 0 Å². The Bertz CT molecular complexity index is 649. The Morgan fingerprint density at radius 2 is 2.05 bits per heavy atom. The second kappa shape index (κ2) is 5.36. The van der Waals surface area contributed by atoms with Gasteiger partial charge in [-0.1, -0.05) is 34.1 Å². The Kier molecular flexibility index (Phi) is 3.58. The van der Waals surface area contributed by atoms with Crippen LogP contribution in [-0.4, -0.2) is 11.1 Å². The molecule has 0 amide bonds. The van der Waals surface area contributed by atoms with E-state index in [1.807, 2.05) is 24.3 Å². The molecule has 1 atom stereocenters. The molecular weight excluding hydrogens is 320 g/mol. The van der Waals surface area contributed by atoms with Gasteiger partial charge in [-0.3, -0.25) is 0 Å². The number of pyridine rings is 1. The predicted molar refractivity (Wildman–Crippen MR) is 80.3 cm³/mol. The number of hydrogen-bond donors (Lipinski definition) is 0. The van der Waals surface area contributed by atoms with Gasteiger partial charge in [-0.05, 0) is 30.0 Å². The quantitative estimate of drug-likeness (QED) is 0.621. The van der Waals surface area contributed by atoms with Gasteiger partial charge >= 0.3 is 0 Å². The molecule has 0 unspecified atom stereocenters. The number of hydrogen-bond acceptors (Lipinski definition) is 2. The topological polar surface area (TPSA) is 27.7 Å². The largest absolute Gasteiger partial charge is 0.259 e. The van der Waals surface area contributed by atoms with Crippen LogP contribution in [0.3, 0.4) is 0 Å². The highest BCUT2D eigenvalue weighted by Gasteiger charge is 2.36. The Labute approximate surface area is 125 Å². The van der Waals surface area contributed by atoms with Crippen molar-refractivity contribution >= 4 is 27.7 Å². The summed E-state index contributed by atoms with van der Waals surface area (Å²) in [6, 6.07) is 17.0. The maximum atomic E-state index is 9.23. The molecule has 3 rings (SSSR count). The fourth-order valence-corrected chi connectivity index (χ4v) is 4.45. The minimum Gasteiger partial charge on any atom is -0.192 e. The third-order valence-corrected chi connectivity index (χ3v) is 5.25. The van der Waals surface area contributed by atoms with Crippen molar-refractivity contribution < 1.29 is 4.57 Å². The number of fused-ring (bicyclic) bond motifs is 1. The van der Waals surface area contributed by atoms with E-state index in [-0.39, 0.29) is 0 Å². The highest BCUT2D eigenvalue weighted by Crippen LogP contribution is 2.33. The number of halogens is 1. The fraction of sp³-hybridized carbons (Fsp3) is 0.200. The molecule has 1 aromatic heterocycles. The molecule has 2 nitrogen and oxygen atoms in total. The van der Waals surface area contributed by atoms with E-state index in [9.17, 15) is 5.26 Å². The SMILES string of the molecule is N#Cc1ccc(-c2ccccc2)[n+]2c1SC[C@@H]2CBr. The molecular formula is C15H12BrN2S+. The van der Waals surface area contributed by atoms with E-state index >= 15 is 0 Å². The Balaban J connectivity index is 2.23. The first-order chi connectivity index (χ1) is 9.35. The van der Waals surface area contributed by atoms with Gasteiger partial charge in [0.25, 0.3) is 5.03 Å². The molecule has 0 aliphatic carbocycles. The van der Waals surface area contributed by atoms with Crippen molar-refractivity contribution in [1.29, 1.82) is 5.26 Å². The summed E-state index contributed by atoms with van der Waals surface area (Å²) in [4.78, 5) is 0. The molecule has 94 valence electrons. The molecule has 0 saturated carbocycles. The predicted octanol–water partition coefficient (Wildman–Crippen LogP) is 3.55. The molecule has 0 spiro atoms. The highest BCUT2D eigenvalue weighted by molar-refractivity contribution is 9.09. The highest BCUT2D eigenvalue weighted by atomic mass is 79.9. The van der Waals surface area contributed by atoms with E-state index in [0.717, 1.165) is 21.7 Å². The summed E-state index contributed by atoms with van der Waals surface area (Å²) in [5.41, 5.74) is 3.15. The molecule has 0 saturated heterocycles. The second-order valence-electron chi connectivity index (χ2n) is 4.40. The Morgan fingerprint density at radius 1 is 1.26 bits per heavy atom. The summed E-state index contributed by atoms with van der Waals surface area (Å²) in [5.74, 6) is 1.02. The summed E-state index contributed by atoms with van der Waals surface area (Å²) < 4.78 is 2.30. The lowest BCUT2D eigenvalue weighted by Gasteiger charge is -2.08. The summed E-state index contributed by atoms with van der Waals surface area (Å²) in [7, 11) is 0. The summed E-state index contributed by atoms with van der Waals surface area (Å²) in [5, 5.41) is 11.2. The molecule has 1 aromatic carbocycles. The Hall–Kier alpha value is -1.31. The maximum absolute atomic E-state index is 9.23. The second-order valence-corrected chi connectivity index (χ2v) is 6.06. The molecule has 1 aliphatic rings. The van der Waals surface area contributed by atoms with Crippen molar-refractivity contribution in [1.82, 2.24) is 0 Å². The van der Waals surface area contributed by atoms with Crippen LogP contribution in [0.25, 0.3) is 11.3 Å². The number of thioether (sulfide) groups is 1. The lowest BCUT2D eigenvalue weighted by atomic mass is 10.1. The van der Waals surface area contributed by atoms with Crippen LogP contribution < -0.4 is 4.57 Å². The summed E-state index contributed by atoms with van der Waals surface area (Å²) >= 11 is 5.35. The minimum atomic E-state index is 0.406. The third kappa shape index (κ3) is 2.18. The van der Waals surface area contributed by atoms with Crippen LogP contribution in [0.4, 0.5) is 0 Å². The zero-order chi connectivity index (χ0) is 13.2. The number of alkyl halides is 1. The maximum Gasteiger partial charge on any atom is 0.259 e. The van der Waals surface area contributed by atoms with Crippen molar-refractivity contribution in [2.75, 3.05) is 11.1 Å². The van der Waals surface area contributed by atoms with Crippen LogP contribution in [0.5, 0.6) is 0 Å². The van der Waals surface area contributed by atoms with Gasteiger partial charge in [0, 0.05) is 11.6 Å². The van der Waals surface area contributed by atoms with Crippen molar-refractivity contribution in [2.24, 2.45) is 0 Å². The molecule has 1 aliphatic heterocycles. The zero-order valence-electron chi connectivity index (χ0n) is 10.2. The van der Waals surface area contributed by atoms with E-state index in [2.05, 4.69) is 44.8 Å². The molecule has 2 heterocycles. The van der Waals surface area contributed by atoms with Gasteiger partial charge in [0.1, 0.15) is 11.6 Å². The van der Waals surface area contributed by atoms with E-state index in [1.54, 1.807) is 11.8 Å². The van der Waals surface area contributed by atoms with E-state index in [0.29, 0.717) is 6.04 Å². The van der Waals surface area contributed by atoms with Crippen LogP contribution in [0.15, 0.2) is 47.5 Å². The summed E-state index contributed by atoms with van der Waals surface area (Å²) in [6.45, 7) is 0. The van der Waals surface area contributed by atoms with Gasteiger partial charge in [-0.25, -0.2) is 0 Å². The number of aromatic nitrogens is 1. The van der Waals surface area contributed by atoms with Gasteiger partial charge in [0.15, 0.2) is 6.04 Å². The lowest BCUT2D eigenvalue weighted by molar-refractivity contribution is -0.732. The first kappa shape index (κ1) is 12.7. The normalized spacial score (nSPS) is 16.9. The minimum absolute atomic E-state index is 0.406.